The highest BCUT2D eigenvalue weighted by atomic mass is 32.1. The van der Waals surface area contributed by atoms with Crippen molar-refractivity contribution in [3.63, 3.8) is 0 Å². The Morgan fingerprint density at radius 2 is 2.04 bits per heavy atom. The van der Waals surface area contributed by atoms with Gasteiger partial charge in [0.05, 0.1) is 19.3 Å². The Kier molecular flexibility index (Phi) is 6.11. The molecule has 1 aromatic heterocycles. The molecule has 0 atom stereocenters. The lowest BCUT2D eigenvalue weighted by Crippen LogP contribution is -2.28. The van der Waals surface area contributed by atoms with Gasteiger partial charge in [-0.15, -0.1) is 11.3 Å². The van der Waals surface area contributed by atoms with Crippen LogP contribution in [0.5, 0.6) is 5.75 Å². The summed E-state index contributed by atoms with van der Waals surface area (Å²) >= 11 is 7.01. The number of methoxy groups -OCH3 is 1. The molecule has 1 aliphatic rings. The van der Waals surface area contributed by atoms with Crippen molar-refractivity contribution in [2.75, 3.05) is 19.0 Å². The molecular weight excluding hydrogens is 368 g/mol. The number of aryl methyl sites for hydroxylation is 1. The Labute approximate surface area is 162 Å². The van der Waals surface area contributed by atoms with E-state index in [9.17, 15) is 4.79 Å². The standard InChI is InChI=1S/C19H22N2O3S2/c1-3-24-18(22)16-14-5-4-6-15(14)26-17(16)21-19(25)20-11-12-7-9-13(23-2)10-8-12/h7-10H,3-6,11H2,1-2H3,(H2,20,21,25). The van der Waals surface area contributed by atoms with Crippen molar-refractivity contribution in [2.24, 2.45) is 0 Å². The van der Waals surface area contributed by atoms with E-state index in [0.29, 0.717) is 23.8 Å². The van der Waals surface area contributed by atoms with Gasteiger partial charge in [-0.3, -0.25) is 0 Å². The Morgan fingerprint density at radius 1 is 1.27 bits per heavy atom. The van der Waals surface area contributed by atoms with Gasteiger partial charge >= 0.3 is 5.97 Å². The fraction of sp³-hybridized carbons (Fsp3) is 0.368. The molecule has 0 saturated carbocycles. The van der Waals surface area contributed by atoms with E-state index in [2.05, 4.69) is 10.6 Å². The average Bonchev–Trinajstić information content (AvgIpc) is 3.21. The summed E-state index contributed by atoms with van der Waals surface area (Å²) in [5.41, 5.74) is 2.86. The van der Waals surface area contributed by atoms with E-state index in [1.54, 1.807) is 18.4 Å². The molecule has 138 valence electrons. The molecule has 0 fully saturated rings. The van der Waals surface area contributed by atoms with Crippen molar-refractivity contribution < 1.29 is 14.3 Å². The molecule has 1 aromatic carbocycles. The fourth-order valence-electron chi connectivity index (χ4n) is 2.98. The van der Waals surface area contributed by atoms with Crippen molar-refractivity contribution in [3.8, 4) is 5.75 Å². The van der Waals surface area contributed by atoms with Crippen LogP contribution in [0, 0.1) is 0 Å². The summed E-state index contributed by atoms with van der Waals surface area (Å²) in [6.07, 6.45) is 3.03. The van der Waals surface area contributed by atoms with E-state index >= 15 is 0 Å². The number of esters is 1. The van der Waals surface area contributed by atoms with Gasteiger partial charge in [0.1, 0.15) is 10.8 Å². The Balaban J connectivity index is 1.66. The number of benzene rings is 1. The van der Waals surface area contributed by atoms with E-state index in [-0.39, 0.29) is 5.97 Å². The van der Waals surface area contributed by atoms with Gasteiger partial charge in [0, 0.05) is 11.4 Å². The second-order valence-electron chi connectivity index (χ2n) is 5.94. The first-order valence-corrected chi connectivity index (χ1v) is 9.84. The maximum Gasteiger partial charge on any atom is 0.341 e. The third kappa shape index (κ3) is 4.16. The molecule has 7 heteroatoms. The van der Waals surface area contributed by atoms with E-state index in [0.717, 1.165) is 41.1 Å². The number of ether oxygens (including phenoxy) is 2. The van der Waals surface area contributed by atoms with Gasteiger partial charge in [0.15, 0.2) is 5.11 Å². The molecule has 1 aliphatic carbocycles. The van der Waals surface area contributed by atoms with Gasteiger partial charge in [0.25, 0.3) is 0 Å². The van der Waals surface area contributed by atoms with Crippen LogP contribution in [0.1, 0.15) is 39.7 Å². The van der Waals surface area contributed by atoms with Gasteiger partial charge < -0.3 is 20.1 Å². The van der Waals surface area contributed by atoms with E-state index in [1.165, 1.54) is 4.88 Å². The lowest BCUT2D eigenvalue weighted by Gasteiger charge is -2.12. The topological polar surface area (TPSA) is 59.6 Å². The molecular formula is C19H22N2O3S2. The van der Waals surface area contributed by atoms with Crippen LogP contribution in [-0.4, -0.2) is 24.8 Å². The lowest BCUT2D eigenvalue weighted by molar-refractivity contribution is 0.0527. The summed E-state index contributed by atoms with van der Waals surface area (Å²) < 4.78 is 10.4. The zero-order valence-electron chi connectivity index (χ0n) is 14.9. The Morgan fingerprint density at radius 3 is 2.73 bits per heavy atom. The highest BCUT2D eigenvalue weighted by molar-refractivity contribution is 7.80. The van der Waals surface area contributed by atoms with Crippen molar-refractivity contribution in [1.82, 2.24) is 5.32 Å². The molecule has 5 nitrogen and oxygen atoms in total. The van der Waals surface area contributed by atoms with Gasteiger partial charge in [0.2, 0.25) is 0 Å². The van der Waals surface area contributed by atoms with Crippen molar-refractivity contribution in [2.45, 2.75) is 32.7 Å². The Hall–Kier alpha value is -2.12. The summed E-state index contributed by atoms with van der Waals surface area (Å²) in [5, 5.41) is 7.64. The zero-order valence-corrected chi connectivity index (χ0v) is 16.5. The number of nitrogens with one attached hydrogen (secondary N) is 2. The van der Waals surface area contributed by atoms with Crippen LogP contribution in [0.2, 0.25) is 0 Å². The number of carbonyl (C=O) groups is 1. The minimum Gasteiger partial charge on any atom is -0.497 e. The van der Waals surface area contributed by atoms with Crippen LogP contribution in [0.25, 0.3) is 0 Å². The number of hydrogen-bond acceptors (Lipinski definition) is 5. The van der Waals surface area contributed by atoms with Crippen molar-refractivity contribution >= 4 is 39.6 Å². The molecule has 3 rings (SSSR count). The van der Waals surface area contributed by atoms with Crippen LogP contribution >= 0.6 is 23.6 Å². The molecule has 2 aromatic rings. The van der Waals surface area contributed by atoms with Gasteiger partial charge in [-0.25, -0.2) is 4.79 Å². The first-order valence-electron chi connectivity index (χ1n) is 8.61. The van der Waals surface area contributed by atoms with Crippen molar-refractivity contribution in [1.29, 1.82) is 0 Å². The maximum absolute atomic E-state index is 12.4. The van der Waals surface area contributed by atoms with E-state index in [1.807, 2.05) is 31.2 Å². The summed E-state index contributed by atoms with van der Waals surface area (Å²) in [6, 6.07) is 7.79. The number of thiophene rings is 1. The third-order valence-electron chi connectivity index (χ3n) is 4.24. The molecule has 0 bridgehead atoms. The number of carbonyl (C=O) groups excluding carboxylic acids is 1. The highest BCUT2D eigenvalue weighted by Crippen LogP contribution is 2.39. The normalized spacial score (nSPS) is 12.4. The molecule has 0 saturated heterocycles. The monoisotopic (exact) mass is 390 g/mol. The van der Waals surface area contributed by atoms with Gasteiger partial charge in [-0.05, 0) is 61.7 Å². The minimum absolute atomic E-state index is 0.271. The van der Waals surface area contributed by atoms with E-state index < -0.39 is 0 Å². The molecule has 2 N–H and O–H groups in total. The lowest BCUT2D eigenvalue weighted by atomic mass is 10.1. The predicted octanol–water partition coefficient (Wildman–Crippen LogP) is 3.91. The number of fused-ring (bicyclic) bond motifs is 1. The van der Waals surface area contributed by atoms with Crippen LogP contribution in [0.3, 0.4) is 0 Å². The summed E-state index contributed by atoms with van der Waals surface area (Å²) in [4.78, 5) is 13.6. The molecule has 0 radical (unpaired) electrons. The number of hydrogen-bond donors (Lipinski definition) is 2. The molecule has 26 heavy (non-hydrogen) atoms. The molecule has 0 amide bonds. The minimum atomic E-state index is -0.271. The molecule has 1 heterocycles. The first kappa shape index (κ1) is 18.7. The number of rotatable bonds is 6. The summed E-state index contributed by atoms with van der Waals surface area (Å²) in [5.74, 6) is 0.550. The zero-order chi connectivity index (χ0) is 18.5. The third-order valence-corrected chi connectivity index (χ3v) is 5.69. The predicted molar refractivity (Wildman–Crippen MR) is 108 cm³/mol. The maximum atomic E-state index is 12.4. The summed E-state index contributed by atoms with van der Waals surface area (Å²) in [7, 11) is 1.64. The second kappa shape index (κ2) is 8.51. The average molecular weight is 391 g/mol. The molecule has 0 spiro atoms. The smallest absolute Gasteiger partial charge is 0.341 e. The first-order chi connectivity index (χ1) is 12.6. The quantitative estimate of drug-likeness (QED) is 0.576. The fourth-order valence-corrected chi connectivity index (χ4v) is 4.51. The number of anilines is 1. The van der Waals surface area contributed by atoms with Crippen LogP contribution < -0.4 is 15.4 Å². The Bertz CT molecular complexity index is 800. The second-order valence-corrected chi connectivity index (χ2v) is 7.45. The SMILES string of the molecule is CCOC(=O)c1c(NC(=S)NCc2ccc(OC)cc2)sc2c1CCC2. The van der Waals surface area contributed by atoms with E-state index in [4.69, 9.17) is 21.7 Å². The van der Waals surface area contributed by atoms with Gasteiger partial charge in [-0.1, -0.05) is 12.1 Å². The van der Waals surface area contributed by atoms with Crippen molar-refractivity contribution in [3.05, 3.63) is 45.8 Å². The number of thiocarbonyl (C=S) groups is 1. The summed E-state index contributed by atoms with van der Waals surface area (Å²) in [6.45, 7) is 2.78. The van der Waals surface area contributed by atoms with Crippen LogP contribution in [-0.2, 0) is 24.1 Å². The molecule has 0 unspecified atom stereocenters. The van der Waals surface area contributed by atoms with Crippen LogP contribution in [0.4, 0.5) is 5.00 Å². The molecule has 0 aliphatic heterocycles. The van der Waals surface area contributed by atoms with Gasteiger partial charge in [-0.2, -0.15) is 0 Å². The highest BCUT2D eigenvalue weighted by Gasteiger charge is 2.27. The largest absolute Gasteiger partial charge is 0.497 e. The van der Waals surface area contributed by atoms with Crippen LogP contribution in [0.15, 0.2) is 24.3 Å².